The highest BCUT2D eigenvalue weighted by molar-refractivity contribution is 5.69. The first kappa shape index (κ1) is 15.3. The highest BCUT2D eigenvalue weighted by Crippen LogP contribution is 2.28. The molecule has 0 unspecified atom stereocenters. The average Bonchev–Trinajstić information content (AvgIpc) is 2.39. The van der Waals surface area contributed by atoms with E-state index in [4.69, 9.17) is 0 Å². The summed E-state index contributed by atoms with van der Waals surface area (Å²) in [5, 5.41) is 0. The molecule has 0 amide bonds. The lowest BCUT2D eigenvalue weighted by Gasteiger charge is -2.25. The van der Waals surface area contributed by atoms with E-state index in [1.807, 2.05) is 0 Å². The van der Waals surface area contributed by atoms with Crippen LogP contribution in [0.15, 0.2) is 24.3 Å². The lowest BCUT2D eigenvalue weighted by Crippen LogP contribution is -2.24. The summed E-state index contributed by atoms with van der Waals surface area (Å²) in [6, 6.07) is 7.04. The summed E-state index contributed by atoms with van der Waals surface area (Å²) in [5.41, 5.74) is 5.89. The molecule has 0 bridgehead atoms. The van der Waals surface area contributed by atoms with Crippen LogP contribution in [-0.4, -0.2) is 44.0 Å². The minimum absolute atomic E-state index is 0.594. The second-order valence-corrected chi connectivity index (χ2v) is 6.55. The Morgan fingerprint density at radius 2 is 2.00 bits per heavy atom. The van der Waals surface area contributed by atoms with Crippen molar-refractivity contribution in [3.05, 3.63) is 41.0 Å². The minimum Gasteiger partial charge on any atom is -0.305 e. The molecular weight excluding hydrogens is 244 g/mol. The molecule has 0 aromatic heterocycles. The van der Waals surface area contributed by atoms with Crippen LogP contribution in [0, 0.1) is 0 Å². The fourth-order valence-electron chi connectivity index (χ4n) is 2.77. The van der Waals surface area contributed by atoms with E-state index in [1.165, 1.54) is 28.8 Å². The molecule has 0 radical (unpaired) electrons. The van der Waals surface area contributed by atoms with Gasteiger partial charge in [0.25, 0.3) is 0 Å². The zero-order chi connectivity index (χ0) is 14.7. The molecular formula is C18H28N2. The highest BCUT2D eigenvalue weighted by Gasteiger charge is 2.14. The molecule has 20 heavy (non-hydrogen) atoms. The van der Waals surface area contributed by atoms with Gasteiger partial charge in [-0.25, -0.2) is 0 Å². The van der Waals surface area contributed by atoms with E-state index in [1.54, 1.807) is 0 Å². The van der Waals surface area contributed by atoms with Crippen LogP contribution in [0.25, 0.3) is 5.57 Å². The predicted octanol–water partition coefficient (Wildman–Crippen LogP) is 3.59. The second kappa shape index (κ2) is 6.55. The summed E-state index contributed by atoms with van der Waals surface area (Å²) >= 11 is 0. The summed E-state index contributed by atoms with van der Waals surface area (Å²) in [6.07, 6.45) is 3.56. The molecule has 0 fully saturated rings. The standard InChI is InChI=1S/C18H28N2/c1-14(2)16-6-7-18(17(12-16)13-19(3)4)15-8-10-20(5)11-9-15/h6-8,12,14H,9-11,13H2,1-5H3. The summed E-state index contributed by atoms with van der Waals surface area (Å²) < 4.78 is 0. The molecule has 2 nitrogen and oxygen atoms in total. The van der Waals surface area contributed by atoms with Gasteiger partial charge in [0.2, 0.25) is 0 Å². The Morgan fingerprint density at radius 1 is 1.25 bits per heavy atom. The number of benzene rings is 1. The largest absolute Gasteiger partial charge is 0.305 e. The molecule has 0 N–H and O–H groups in total. The quantitative estimate of drug-likeness (QED) is 0.826. The molecule has 1 aromatic carbocycles. The fourth-order valence-corrected chi connectivity index (χ4v) is 2.77. The number of nitrogens with zero attached hydrogens (tertiary/aromatic N) is 2. The van der Waals surface area contributed by atoms with Crippen molar-refractivity contribution in [3.63, 3.8) is 0 Å². The van der Waals surface area contributed by atoms with Gasteiger partial charge in [-0.1, -0.05) is 38.1 Å². The van der Waals surface area contributed by atoms with E-state index in [0.29, 0.717) is 5.92 Å². The van der Waals surface area contributed by atoms with Crippen LogP contribution in [0.5, 0.6) is 0 Å². The molecule has 1 aromatic rings. The summed E-state index contributed by atoms with van der Waals surface area (Å²) in [6.45, 7) is 7.79. The Kier molecular flexibility index (Phi) is 5.00. The topological polar surface area (TPSA) is 6.48 Å². The average molecular weight is 272 g/mol. The Labute approximate surface area is 124 Å². The predicted molar refractivity (Wildman–Crippen MR) is 88.0 cm³/mol. The van der Waals surface area contributed by atoms with Crippen molar-refractivity contribution >= 4 is 5.57 Å². The third-order valence-electron chi connectivity index (χ3n) is 4.04. The van der Waals surface area contributed by atoms with Crippen LogP contribution in [0.3, 0.4) is 0 Å². The van der Waals surface area contributed by atoms with Gasteiger partial charge in [0.15, 0.2) is 0 Å². The lowest BCUT2D eigenvalue weighted by atomic mass is 9.91. The molecule has 1 aliphatic rings. The fraction of sp³-hybridized carbons (Fsp3) is 0.556. The van der Waals surface area contributed by atoms with E-state index >= 15 is 0 Å². The van der Waals surface area contributed by atoms with Gasteiger partial charge in [0.05, 0.1) is 0 Å². The minimum atomic E-state index is 0.594. The number of likely N-dealkylation sites (N-methyl/N-ethyl adjacent to an activating group) is 1. The van der Waals surface area contributed by atoms with Gasteiger partial charge >= 0.3 is 0 Å². The monoisotopic (exact) mass is 272 g/mol. The summed E-state index contributed by atoms with van der Waals surface area (Å²) in [7, 11) is 6.49. The molecule has 1 heterocycles. The van der Waals surface area contributed by atoms with Gasteiger partial charge in [-0.2, -0.15) is 0 Å². The van der Waals surface area contributed by atoms with Crippen LogP contribution >= 0.6 is 0 Å². The molecule has 0 saturated carbocycles. The van der Waals surface area contributed by atoms with E-state index in [9.17, 15) is 0 Å². The van der Waals surface area contributed by atoms with E-state index in [0.717, 1.165) is 19.5 Å². The van der Waals surface area contributed by atoms with E-state index < -0.39 is 0 Å². The summed E-state index contributed by atoms with van der Waals surface area (Å²) in [5.74, 6) is 0.594. The van der Waals surface area contributed by atoms with Crippen LogP contribution < -0.4 is 0 Å². The Hall–Kier alpha value is -1.12. The molecule has 2 heteroatoms. The first-order valence-corrected chi connectivity index (χ1v) is 7.63. The first-order valence-electron chi connectivity index (χ1n) is 7.63. The zero-order valence-corrected chi connectivity index (χ0v) is 13.6. The van der Waals surface area contributed by atoms with Crippen molar-refractivity contribution in [1.29, 1.82) is 0 Å². The van der Waals surface area contributed by atoms with Crippen molar-refractivity contribution in [2.45, 2.75) is 32.7 Å². The maximum absolute atomic E-state index is 2.40. The lowest BCUT2D eigenvalue weighted by molar-refractivity contribution is 0.369. The summed E-state index contributed by atoms with van der Waals surface area (Å²) in [4.78, 5) is 4.63. The molecule has 0 atom stereocenters. The van der Waals surface area contributed by atoms with Crippen molar-refractivity contribution < 1.29 is 0 Å². The van der Waals surface area contributed by atoms with Crippen LogP contribution in [-0.2, 0) is 6.54 Å². The third-order valence-corrected chi connectivity index (χ3v) is 4.04. The van der Waals surface area contributed by atoms with E-state index in [-0.39, 0.29) is 0 Å². The highest BCUT2D eigenvalue weighted by atomic mass is 15.1. The maximum Gasteiger partial charge on any atom is 0.0233 e. The number of hydrogen-bond donors (Lipinski definition) is 0. The Balaban J connectivity index is 2.36. The molecule has 110 valence electrons. The smallest absolute Gasteiger partial charge is 0.0233 e. The Bertz CT molecular complexity index is 486. The Morgan fingerprint density at radius 3 is 2.55 bits per heavy atom. The van der Waals surface area contributed by atoms with Gasteiger partial charge in [0.1, 0.15) is 0 Å². The third kappa shape index (κ3) is 3.71. The number of rotatable bonds is 4. The van der Waals surface area contributed by atoms with Gasteiger partial charge in [-0.3, -0.25) is 0 Å². The van der Waals surface area contributed by atoms with Gasteiger partial charge in [-0.15, -0.1) is 0 Å². The van der Waals surface area contributed by atoms with Gasteiger partial charge in [0, 0.05) is 19.6 Å². The van der Waals surface area contributed by atoms with Crippen LogP contribution in [0.1, 0.15) is 42.9 Å². The molecule has 0 saturated heterocycles. The molecule has 1 aliphatic heterocycles. The van der Waals surface area contributed by atoms with Crippen molar-refractivity contribution in [2.75, 3.05) is 34.2 Å². The van der Waals surface area contributed by atoms with Crippen molar-refractivity contribution in [1.82, 2.24) is 9.80 Å². The van der Waals surface area contributed by atoms with Gasteiger partial charge < -0.3 is 9.80 Å². The van der Waals surface area contributed by atoms with E-state index in [2.05, 4.69) is 69.1 Å². The zero-order valence-electron chi connectivity index (χ0n) is 13.6. The van der Waals surface area contributed by atoms with Crippen LogP contribution in [0.2, 0.25) is 0 Å². The van der Waals surface area contributed by atoms with Crippen molar-refractivity contribution in [3.8, 4) is 0 Å². The molecule has 2 rings (SSSR count). The van der Waals surface area contributed by atoms with Crippen molar-refractivity contribution in [2.24, 2.45) is 0 Å². The van der Waals surface area contributed by atoms with Crippen LogP contribution in [0.4, 0.5) is 0 Å². The SMILES string of the molecule is CC(C)c1ccc(C2=CCN(C)CC2)c(CN(C)C)c1. The normalized spacial score (nSPS) is 16.9. The first-order chi connectivity index (χ1) is 9.47. The van der Waals surface area contributed by atoms with Gasteiger partial charge in [-0.05, 0) is 55.7 Å². The maximum atomic E-state index is 2.40. The molecule has 0 spiro atoms. The molecule has 0 aliphatic carbocycles. The number of hydrogen-bond acceptors (Lipinski definition) is 2. The second-order valence-electron chi connectivity index (χ2n) is 6.55.